The van der Waals surface area contributed by atoms with E-state index in [4.69, 9.17) is 13.9 Å². The molecular formula is C17H12FIN2O6. The molecule has 3 rings (SSSR count). The van der Waals surface area contributed by atoms with E-state index in [0.717, 1.165) is 23.8 Å². The lowest BCUT2D eigenvalue weighted by Crippen LogP contribution is -2.28. The molecule has 0 fully saturated rings. The Hall–Kier alpha value is -2.76. The van der Waals surface area contributed by atoms with Gasteiger partial charge in [-0.15, -0.1) is 0 Å². The molecule has 0 amide bonds. The normalized spacial score (nSPS) is 12.0. The topological polar surface area (TPSA) is 101 Å². The highest BCUT2D eigenvalue weighted by atomic mass is 127. The zero-order chi connectivity index (χ0) is 19.7. The van der Waals surface area contributed by atoms with Crippen molar-refractivity contribution < 1.29 is 23.1 Å². The number of halogens is 2. The van der Waals surface area contributed by atoms with Gasteiger partial charge in [0.15, 0.2) is 5.65 Å². The first-order valence-corrected chi connectivity index (χ1v) is 8.59. The number of carbonyl (C=O) groups excluding carboxylic acids is 1. The van der Waals surface area contributed by atoms with Gasteiger partial charge in [-0.05, 0) is 46.9 Å². The number of pyridine rings is 1. The van der Waals surface area contributed by atoms with Gasteiger partial charge in [0, 0.05) is 22.4 Å². The lowest BCUT2D eigenvalue weighted by Gasteiger charge is -2.19. The smallest absolute Gasteiger partial charge is 0.423 e. The number of hydrogen-bond acceptors (Lipinski definition) is 7. The van der Waals surface area contributed by atoms with Crippen molar-refractivity contribution in [3.63, 3.8) is 0 Å². The molecule has 0 saturated carbocycles. The molecular weight excluding hydrogens is 474 g/mol. The highest BCUT2D eigenvalue weighted by Gasteiger charge is 2.31. The summed E-state index contributed by atoms with van der Waals surface area (Å²) in [4.78, 5) is 40.6. The molecule has 1 unspecified atom stereocenters. The van der Waals surface area contributed by atoms with Crippen molar-refractivity contribution in [2.45, 2.75) is 6.10 Å². The minimum atomic E-state index is -1.36. The van der Waals surface area contributed by atoms with E-state index in [9.17, 15) is 18.8 Å². The Morgan fingerprint density at radius 3 is 2.59 bits per heavy atom. The second kappa shape index (κ2) is 7.47. The molecule has 0 bridgehead atoms. The van der Waals surface area contributed by atoms with E-state index >= 15 is 0 Å². The summed E-state index contributed by atoms with van der Waals surface area (Å²) in [5.74, 6) is -1.97. The molecule has 0 spiro atoms. The molecule has 0 saturated heterocycles. The fraction of sp³-hybridized carbons (Fsp3) is 0.176. The first kappa shape index (κ1) is 19.0. The van der Waals surface area contributed by atoms with Crippen LogP contribution < -0.4 is 16.1 Å². The predicted molar refractivity (Wildman–Crippen MR) is 100 cm³/mol. The maximum absolute atomic E-state index is 13.1. The molecule has 3 aromatic rings. The van der Waals surface area contributed by atoms with E-state index in [1.165, 1.54) is 25.4 Å². The second-order valence-corrected chi connectivity index (χ2v) is 6.57. The number of ether oxygens (including phenoxy) is 2. The van der Waals surface area contributed by atoms with Crippen molar-refractivity contribution in [2.24, 2.45) is 7.05 Å². The van der Waals surface area contributed by atoms with Gasteiger partial charge in [-0.1, -0.05) is 0 Å². The molecule has 10 heteroatoms. The molecule has 0 aliphatic heterocycles. The van der Waals surface area contributed by atoms with Crippen LogP contribution in [0.1, 0.15) is 11.7 Å². The van der Waals surface area contributed by atoms with Gasteiger partial charge < -0.3 is 13.9 Å². The molecule has 0 aliphatic carbocycles. The standard InChI is InChI=1S/C17H12FIN2O6/c1-21-14-12(15(22)27-17(21)24)11(10(19)7-20-14)13(16(23)25-2)26-9-5-3-8(18)4-6-9/h3-7,13H,1-2H3. The maximum atomic E-state index is 13.1. The van der Waals surface area contributed by atoms with Crippen LogP contribution in [-0.4, -0.2) is 22.6 Å². The Morgan fingerprint density at radius 1 is 1.30 bits per heavy atom. The highest BCUT2D eigenvalue weighted by Crippen LogP contribution is 2.30. The van der Waals surface area contributed by atoms with Crippen molar-refractivity contribution in [2.75, 3.05) is 7.11 Å². The molecule has 2 heterocycles. The summed E-state index contributed by atoms with van der Waals surface area (Å²) in [7, 11) is 2.54. The molecule has 0 radical (unpaired) electrons. The first-order chi connectivity index (χ1) is 12.8. The number of benzene rings is 1. The predicted octanol–water partition coefficient (Wildman–Crippen LogP) is 1.92. The molecule has 27 heavy (non-hydrogen) atoms. The Bertz CT molecular complexity index is 1140. The minimum Gasteiger partial charge on any atom is -0.474 e. The van der Waals surface area contributed by atoms with Crippen LogP contribution in [0.2, 0.25) is 0 Å². The van der Waals surface area contributed by atoms with Crippen molar-refractivity contribution in [1.29, 1.82) is 0 Å². The van der Waals surface area contributed by atoms with Crippen LogP contribution in [0.4, 0.5) is 4.39 Å². The molecule has 1 atom stereocenters. The quantitative estimate of drug-likeness (QED) is 0.411. The number of aromatic nitrogens is 2. The van der Waals surface area contributed by atoms with Crippen molar-refractivity contribution in [1.82, 2.24) is 9.55 Å². The van der Waals surface area contributed by atoms with E-state index in [2.05, 4.69) is 4.98 Å². The Kier molecular flexibility index (Phi) is 5.26. The van der Waals surface area contributed by atoms with Crippen molar-refractivity contribution in [3.05, 3.63) is 66.4 Å². The summed E-state index contributed by atoms with van der Waals surface area (Å²) in [6.45, 7) is 0. The zero-order valence-electron chi connectivity index (χ0n) is 14.1. The summed E-state index contributed by atoms with van der Waals surface area (Å²) < 4.78 is 29.8. The average Bonchev–Trinajstić information content (AvgIpc) is 2.65. The summed E-state index contributed by atoms with van der Waals surface area (Å²) in [6.07, 6.45) is 0.0272. The molecule has 8 nitrogen and oxygen atoms in total. The van der Waals surface area contributed by atoms with Crippen LogP contribution in [0.3, 0.4) is 0 Å². The van der Waals surface area contributed by atoms with Crippen LogP contribution in [-0.2, 0) is 16.6 Å². The number of hydrogen-bond donors (Lipinski definition) is 0. The van der Waals surface area contributed by atoms with E-state index in [1.54, 1.807) is 0 Å². The Labute approximate surface area is 164 Å². The molecule has 0 aliphatic rings. The van der Waals surface area contributed by atoms with Crippen LogP contribution in [0.5, 0.6) is 5.75 Å². The largest absolute Gasteiger partial charge is 0.474 e. The average molecular weight is 486 g/mol. The van der Waals surface area contributed by atoms with Crippen molar-refractivity contribution in [3.8, 4) is 5.75 Å². The molecule has 1 aromatic carbocycles. The van der Waals surface area contributed by atoms with Gasteiger partial charge in [0.1, 0.15) is 17.0 Å². The fourth-order valence-electron chi connectivity index (χ4n) is 2.47. The van der Waals surface area contributed by atoms with Gasteiger partial charge in [-0.3, -0.25) is 4.57 Å². The van der Waals surface area contributed by atoms with Crippen LogP contribution in [0.25, 0.3) is 11.0 Å². The van der Waals surface area contributed by atoms with Crippen molar-refractivity contribution >= 4 is 39.6 Å². The molecule has 0 N–H and O–H groups in total. The third-order valence-electron chi connectivity index (χ3n) is 3.77. The van der Waals surface area contributed by atoms with E-state index in [-0.39, 0.29) is 22.3 Å². The summed E-state index contributed by atoms with van der Waals surface area (Å²) >= 11 is 1.88. The summed E-state index contributed by atoms with van der Waals surface area (Å²) in [5, 5.41) is -0.0819. The van der Waals surface area contributed by atoms with E-state index in [1.807, 2.05) is 22.6 Å². The van der Waals surface area contributed by atoms with E-state index in [0.29, 0.717) is 3.57 Å². The van der Waals surface area contributed by atoms with E-state index < -0.39 is 29.3 Å². The third-order valence-corrected chi connectivity index (χ3v) is 4.63. The Balaban J connectivity index is 2.27. The first-order valence-electron chi connectivity index (χ1n) is 7.51. The lowest BCUT2D eigenvalue weighted by atomic mass is 10.1. The van der Waals surface area contributed by atoms with Gasteiger partial charge in [-0.25, -0.2) is 23.8 Å². The number of aryl methyl sites for hydroxylation is 1. The minimum absolute atomic E-state index is 0.0308. The SMILES string of the molecule is COC(=O)C(Oc1ccc(F)cc1)c1c(I)cnc2c1c(=O)oc(=O)n2C. The number of rotatable bonds is 4. The monoisotopic (exact) mass is 486 g/mol. The fourth-order valence-corrected chi connectivity index (χ4v) is 3.16. The number of carbonyl (C=O) groups is 1. The van der Waals surface area contributed by atoms with Gasteiger partial charge in [0.2, 0.25) is 6.10 Å². The van der Waals surface area contributed by atoms with Gasteiger partial charge in [-0.2, -0.15) is 0 Å². The Morgan fingerprint density at radius 2 is 1.96 bits per heavy atom. The lowest BCUT2D eigenvalue weighted by molar-refractivity contribution is -0.149. The number of fused-ring (bicyclic) bond motifs is 1. The van der Waals surface area contributed by atoms with Gasteiger partial charge in [0.25, 0.3) is 0 Å². The maximum Gasteiger partial charge on any atom is 0.423 e. The van der Waals surface area contributed by atoms with Crippen LogP contribution >= 0.6 is 22.6 Å². The highest BCUT2D eigenvalue weighted by molar-refractivity contribution is 14.1. The number of nitrogens with zero attached hydrogens (tertiary/aromatic N) is 2. The zero-order valence-corrected chi connectivity index (χ0v) is 16.2. The summed E-state index contributed by atoms with van der Waals surface area (Å²) in [5.41, 5.74) is -0.782. The number of esters is 1. The number of methoxy groups -OCH3 is 1. The van der Waals surface area contributed by atoms with Crippen LogP contribution in [0.15, 0.2) is 44.5 Å². The summed E-state index contributed by atoms with van der Waals surface area (Å²) in [6, 6.07) is 4.99. The van der Waals surface area contributed by atoms with Gasteiger partial charge >= 0.3 is 17.4 Å². The third kappa shape index (κ3) is 3.56. The van der Waals surface area contributed by atoms with Crippen LogP contribution in [0, 0.1) is 9.39 Å². The van der Waals surface area contributed by atoms with Gasteiger partial charge in [0.05, 0.1) is 7.11 Å². The molecule has 140 valence electrons. The second-order valence-electron chi connectivity index (χ2n) is 5.41. The molecule has 2 aromatic heterocycles.